The average molecular weight is 378 g/mol. The number of para-hydroxylation sites is 1. The molecule has 26 heavy (non-hydrogen) atoms. The van der Waals surface area contributed by atoms with Crippen LogP contribution in [0, 0.1) is 0 Å². The number of ether oxygens (including phenoxy) is 3. The molecule has 0 aromatic heterocycles. The van der Waals surface area contributed by atoms with Crippen LogP contribution in [0.1, 0.15) is 31.7 Å². The molecule has 1 atom stereocenters. The summed E-state index contributed by atoms with van der Waals surface area (Å²) in [5, 5.41) is 3.14. The molecule has 0 aliphatic heterocycles. The molecule has 0 aliphatic rings. The Morgan fingerprint density at radius 1 is 1.12 bits per heavy atom. The lowest BCUT2D eigenvalue weighted by molar-refractivity contribution is -0.118. The van der Waals surface area contributed by atoms with Gasteiger partial charge in [-0.15, -0.1) is 0 Å². The Kier molecular flexibility index (Phi) is 7.16. The first-order valence-electron chi connectivity index (χ1n) is 8.43. The highest BCUT2D eigenvalue weighted by molar-refractivity contribution is 6.32. The zero-order chi connectivity index (χ0) is 19.1. The van der Waals surface area contributed by atoms with Crippen molar-refractivity contribution in [3.8, 4) is 17.2 Å². The highest BCUT2D eigenvalue weighted by Gasteiger charge is 2.14. The summed E-state index contributed by atoms with van der Waals surface area (Å²) < 4.78 is 16.2. The predicted octanol–water partition coefficient (Wildman–Crippen LogP) is 4.89. The fraction of sp³-hybridized carbons (Fsp3) is 0.350. The summed E-state index contributed by atoms with van der Waals surface area (Å²) in [5.74, 6) is 1.70. The molecule has 0 bridgehead atoms. The molecule has 2 rings (SSSR count). The van der Waals surface area contributed by atoms with Crippen LogP contribution in [0.4, 0.5) is 5.69 Å². The number of hydrogen-bond acceptors (Lipinski definition) is 4. The highest BCUT2D eigenvalue weighted by atomic mass is 35.5. The minimum atomic E-state index is -0.302. The molecule has 0 radical (unpaired) electrons. The van der Waals surface area contributed by atoms with Crippen LogP contribution in [0.15, 0.2) is 36.4 Å². The Balaban J connectivity index is 2.08. The molecule has 1 N–H and O–H groups in total. The van der Waals surface area contributed by atoms with Gasteiger partial charge in [0.2, 0.25) is 0 Å². The van der Waals surface area contributed by atoms with Crippen molar-refractivity contribution in [3.63, 3.8) is 0 Å². The Bertz CT molecular complexity index is 763. The van der Waals surface area contributed by atoms with E-state index in [2.05, 4.69) is 19.2 Å². The molecule has 0 aliphatic carbocycles. The molecule has 5 nitrogen and oxygen atoms in total. The van der Waals surface area contributed by atoms with E-state index in [-0.39, 0.29) is 12.5 Å². The quantitative estimate of drug-likeness (QED) is 0.711. The predicted molar refractivity (Wildman–Crippen MR) is 104 cm³/mol. The summed E-state index contributed by atoms with van der Waals surface area (Å²) in [4.78, 5) is 12.3. The van der Waals surface area contributed by atoms with Crippen LogP contribution in [0.5, 0.6) is 17.2 Å². The average Bonchev–Trinajstić information content (AvgIpc) is 2.66. The first kappa shape index (κ1) is 19.9. The van der Waals surface area contributed by atoms with Crippen LogP contribution in [-0.2, 0) is 4.79 Å². The van der Waals surface area contributed by atoms with Crippen molar-refractivity contribution in [2.75, 3.05) is 26.1 Å². The molecule has 0 saturated carbocycles. The number of methoxy groups -OCH3 is 2. The summed E-state index contributed by atoms with van der Waals surface area (Å²) in [5.41, 5.74) is 1.55. The minimum Gasteiger partial charge on any atom is -0.495 e. The van der Waals surface area contributed by atoms with E-state index < -0.39 is 0 Å². The van der Waals surface area contributed by atoms with Crippen LogP contribution >= 0.6 is 11.6 Å². The first-order valence-corrected chi connectivity index (χ1v) is 8.81. The van der Waals surface area contributed by atoms with Gasteiger partial charge in [-0.1, -0.05) is 43.6 Å². The highest BCUT2D eigenvalue weighted by Crippen LogP contribution is 2.36. The lowest BCUT2D eigenvalue weighted by Gasteiger charge is -2.16. The summed E-state index contributed by atoms with van der Waals surface area (Å²) in [6, 6.07) is 11.0. The van der Waals surface area contributed by atoms with Crippen LogP contribution in [-0.4, -0.2) is 26.7 Å². The molecule has 0 spiro atoms. The molecular weight excluding hydrogens is 354 g/mol. The van der Waals surface area contributed by atoms with Gasteiger partial charge < -0.3 is 19.5 Å². The number of carbonyl (C=O) groups excluding carboxylic acids is 1. The zero-order valence-electron chi connectivity index (χ0n) is 15.5. The second-order valence-corrected chi connectivity index (χ2v) is 6.28. The van der Waals surface area contributed by atoms with Crippen molar-refractivity contribution in [2.24, 2.45) is 0 Å². The van der Waals surface area contributed by atoms with Crippen LogP contribution in [0.25, 0.3) is 0 Å². The zero-order valence-corrected chi connectivity index (χ0v) is 16.2. The molecule has 2 aromatic rings. The van der Waals surface area contributed by atoms with Gasteiger partial charge in [0.05, 0.1) is 24.9 Å². The van der Waals surface area contributed by atoms with Gasteiger partial charge in [-0.25, -0.2) is 0 Å². The van der Waals surface area contributed by atoms with Gasteiger partial charge in [-0.3, -0.25) is 4.79 Å². The number of benzene rings is 2. The number of amides is 1. The van der Waals surface area contributed by atoms with E-state index in [0.717, 1.165) is 17.7 Å². The lowest BCUT2D eigenvalue weighted by atomic mass is 9.98. The number of halogens is 1. The summed E-state index contributed by atoms with van der Waals surface area (Å²) in [7, 11) is 3.03. The Labute approximate surface area is 159 Å². The lowest BCUT2D eigenvalue weighted by Crippen LogP contribution is -2.21. The normalized spacial score (nSPS) is 11.6. The van der Waals surface area contributed by atoms with Gasteiger partial charge in [-0.2, -0.15) is 0 Å². The number of nitrogens with one attached hydrogen (secondary N) is 1. The second-order valence-electron chi connectivity index (χ2n) is 5.87. The first-order chi connectivity index (χ1) is 12.5. The topological polar surface area (TPSA) is 56.8 Å². The van der Waals surface area contributed by atoms with E-state index in [1.165, 1.54) is 14.2 Å². The molecule has 2 aromatic carbocycles. The van der Waals surface area contributed by atoms with Gasteiger partial charge in [0.15, 0.2) is 6.61 Å². The van der Waals surface area contributed by atoms with Crippen molar-refractivity contribution in [2.45, 2.75) is 26.2 Å². The third-order valence-corrected chi connectivity index (χ3v) is 4.46. The monoisotopic (exact) mass is 377 g/mol. The number of anilines is 1. The fourth-order valence-corrected chi connectivity index (χ4v) is 2.77. The standard InChI is InChI=1S/C20H24ClNO4/c1-5-13(2)14-8-6-7-9-17(14)26-12-20(23)22-16-10-15(21)18(24-3)11-19(16)25-4/h6-11,13H,5,12H2,1-4H3,(H,22,23). The number of carbonyl (C=O) groups is 1. The van der Waals surface area contributed by atoms with Crippen LogP contribution < -0.4 is 19.5 Å². The van der Waals surface area contributed by atoms with Crippen molar-refractivity contribution in [1.29, 1.82) is 0 Å². The van der Waals surface area contributed by atoms with Crippen LogP contribution in [0.2, 0.25) is 5.02 Å². The van der Waals surface area contributed by atoms with Crippen molar-refractivity contribution >= 4 is 23.2 Å². The van der Waals surface area contributed by atoms with Crippen molar-refractivity contribution in [3.05, 3.63) is 47.0 Å². The maximum absolute atomic E-state index is 12.3. The van der Waals surface area contributed by atoms with Gasteiger partial charge in [-0.05, 0) is 30.0 Å². The molecule has 1 unspecified atom stereocenters. The van der Waals surface area contributed by atoms with E-state index in [4.69, 9.17) is 25.8 Å². The van der Waals surface area contributed by atoms with Crippen LogP contribution in [0.3, 0.4) is 0 Å². The van der Waals surface area contributed by atoms with E-state index in [1.54, 1.807) is 12.1 Å². The van der Waals surface area contributed by atoms with Gasteiger partial charge >= 0.3 is 0 Å². The molecule has 0 heterocycles. The summed E-state index contributed by atoms with van der Waals surface area (Å²) in [6.45, 7) is 4.14. The molecule has 0 fully saturated rings. The van der Waals surface area contributed by atoms with Crippen molar-refractivity contribution in [1.82, 2.24) is 0 Å². The molecule has 140 valence electrons. The number of hydrogen-bond donors (Lipinski definition) is 1. The third-order valence-electron chi connectivity index (χ3n) is 4.17. The summed E-state index contributed by atoms with van der Waals surface area (Å²) in [6.07, 6.45) is 0.994. The largest absolute Gasteiger partial charge is 0.495 e. The van der Waals surface area contributed by atoms with E-state index in [1.807, 2.05) is 24.3 Å². The van der Waals surface area contributed by atoms with Gasteiger partial charge in [0.25, 0.3) is 5.91 Å². The molecule has 1 amide bonds. The molecule has 6 heteroatoms. The third kappa shape index (κ3) is 4.82. The maximum atomic E-state index is 12.3. The Morgan fingerprint density at radius 3 is 2.46 bits per heavy atom. The Morgan fingerprint density at radius 2 is 1.81 bits per heavy atom. The van der Waals surface area contributed by atoms with Crippen molar-refractivity contribution < 1.29 is 19.0 Å². The summed E-state index contributed by atoms with van der Waals surface area (Å²) >= 11 is 6.12. The second kappa shape index (κ2) is 9.34. The number of rotatable bonds is 8. The van der Waals surface area contributed by atoms with E-state index >= 15 is 0 Å². The molecular formula is C20H24ClNO4. The Hall–Kier alpha value is -2.40. The molecule has 0 saturated heterocycles. The fourth-order valence-electron chi connectivity index (χ4n) is 2.53. The van der Waals surface area contributed by atoms with Gasteiger partial charge in [0.1, 0.15) is 17.2 Å². The smallest absolute Gasteiger partial charge is 0.262 e. The van der Waals surface area contributed by atoms with E-state index in [0.29, 0.717) is 28.1 Å². The van der Waals surface area contributed by atoms with E-state index in [9.17, 15) is 4.79 Å². The SMILES string of the molecule is CCC(C)c1ccccc1OCC(=O)Nc1cc(Cl)c(OC)cc1OC. The minimum absolute atomic E-state index is 0.111. The maximum Gasteiger partial charge on any atom is 0.262 e. The van der Waals surface area contributed by atoms with Gasteiger partial charge in [0, 0.05) is 6.07 Å².